The Balaban J connectivity index is 1.50. The van der Waals surface area contributed by atoms with Gasteiger partial charge in [0.1, 0.15) is 11.4 Å². The lowest BCUT2D eigenvalue weighted by Crippen LogP contribution is -2.21. The first-order valence-corrected chi connectivity index (χ1v) is 10.6. The third-order valence-corrected chi connectivity index (χ3v) is 6.60. The molecule has 0 spiro atoms. The van der Waals surface area contributed by atoms with Gasteiger partial charge in [0.15, 0.2) is 5.76 Å². The maximum atomic E-state index is 13.1. The van der Waals surface area contributed by atoms with Gasteiger partial charge in [0.2, 0.25) is 5.89 Å². The summed E-state index contributed by atoms with van der Waals surface area (Å²) in [4.78, 5) is 24.2. The highest BCUT2D eigenvalue weighted by Gasteiger charge is 2.19. The maximum Gasteiger partial charge on any atom is 0.262 e. The Kier molecular flexibility index (Phi) is 4.53. The number of hydrogen-bond donors (Lipinski definition) is 0. The van der Waals surface area contributed by atoms with E-state index < -0.39 is 0 Å². The van der Waals surface area contributed by atoms with Crippen molar-refractivity contribution in [1.82, 2.24) is 14.5 Å². The summed E-state index contributed by atoms with van der Waals surface area (Å²) >= 11 is 7.72. The zero-order chi connectivity index (χ0) is 19.1. The minimum absolute atomic E-state index is 0.00749. The molecule has 5 nitrogen and oxygen atoms in total. The second kappa shape index (κ2) is 7.18. The van der Waals surface area contributed by atoms with Gasteiger partial charge in [0.05, 0.1) is 17.9 Å². The van der Waals surface area contributed by atoms with Crippen molar-refractivity contribution in [2.75, 3.05) is 0 Å². The molecule has 0 bridgehead atoms. The number of fused-ring (bicyclic) bond motifs is 3. The summed E-state index contributed by atoms with van der Waals surface area (Å²) in [5, 5.41) is 1.42. The molecule has 1 aliphatic rings. The van der Waals surface area contributed by atoms with Crippen molar-refractivity contribution >= 4 is 33.2 Å². The number of hydrogen-bond acceptors (Lipinski definition) is 5. The van der Waals surface area contributed by atoms with E-state index >= 15 is 0 Å². The Hall–Kier alpha value is -2.44. The molecule has 4 aromatic rings. The fourth-order valence-electron chi connectivity index (χ4n) is 3.77. The zero-order valence-corrected chi connectivity index (χ0v) is 16.7. The maximum absolute atomic E-state index is 13.1. The van der Waals surface area contributed by atoms with Crippen LogP contribution >= 0.6 is 22.9 Å². The van der Waals surface area contributed by atoms with E-state index in [1.54, 1.807) is 28.4 Å². The fraction of sp³-hybridized carbons (Fsp3) is 0.286. The number of oxazole rings is 1. The van der Waals surface area contributed by atoms with Gasteiger partial charge in [-0.1, -0.05) is 30.2 Å². The summed E-state index contributed by atoms with van der Waals surface area (Å²) in [5.74, 6) is 1.10. The average Bonchev–Trinajstić information content (AvgIpc) is 3.23. The molecular formula is C21H18ClN3O2S. The van der Waals surface area contributed by atoms with Gasteiger partial charge in [-0.05, 0) is 43.4 Å². The molecule has 7 heteroatoms. The monoisotopic (exact) mass is 411 g/mol. The highest BCUT2D eigenvalue weighted by atomic mass is 35.5. The van der Waals surface area contributed by atoms with Crippen LogP contribution in [0.5, 0.6) is 0 Å². The van der Waals surface area contributed by atoms with Crippen molar-refractivity contribution in [2.45, 2.75) is 38.6 Å². The molecule has 0 saturated heterocycles. The van der Waals surface area contributed by atoms with E-state index in [-0.39, 0.29) is 12.1 Å². The van der Waals surface area contributed by atoms with Crippen molar-refractivity contribution in [2.24, 2.45) is 0 Å². The van der Waals surface area contributed by atoms with E-state index in [9.17, 15) is 4.79 Å². The summed E-state index contributed by atoms with van der Waals surface area (Å²) in [5.41, 5.74) is 2.05. The molecule has 0 N–H and O–H groups in total. The van der Waals surface area contributed by atoms with Crippen LogP contribution in [0.3, 0.4) is 0 Å². The minimum atomic E-state index is -0.00749. The summed E-state index contributed by atoms with van der Waals surface area (Å²) < 4.78 is 7.45. The van der Waals surface area contributed by atoms with Gasteiger partial charge >= 0.3 is 0 Å². The third-order valence-electron chi connectivity index (χ3n) is 5.16. The molecule has 3 heterocycles. The summed E-state index contributed by atoms with van der Waals surface area (Å²) in [6.45, 7) is 0.257. The number of nitrogens with zero attached hydrogens (tertiary/aromatic N) is 3. The third kappa shape index (κ3) is 3.16. The summed E-state index contributed by atoms with van der Waals surface area (Å²) in [6.07, 6.45) is 8.83. The zero-order valence-electron chi connectivity index (χ0n) is 15.2. The van der Waals surface area contributed by atoms with Crippen LogP contribution in [0.25, 0.3) is 21.5 Å². The number of thiophene rings is 1. The van der Waals surface area contributed by atoms with Gasteiger partial charge in [0.25, 0.3) is 5.56 Å². The molecule has 0 radical (unpaired) electrons. The van der Waals surface area contributed by atoms with Crippen molar-refractivity contribution in [1.29, 1.82) is 0 Å². The molecule has 5 rings (SSSR count). The molecule has 0 atom stereocenters. The summed E-state index contributed by atoms with van der Waals surface area (Å²) in [7, 11) is 0. The van der Waals surface area contributed by atoms with Crippen LogP contribution in [-0.2, 0) is 19.4 Å². The number of aromatic nitrogens is 3. The first-order valence-electron chi connectivity index (χ1n) is 9.39. The van der Waals surface area contributed by atoms with Gasteiger partial charge in [-0.2, -0.15) is 0 Å². The fourth-order valence-corrected chi connectivity index (χ4v) is 5.18. The van der Waals surface area contributed by atoms with Crippen molar-refractivity contribution in [3.8, 4) is 11.3 Å². The van der Waals surface area contributed by atoms with Gasteiger partial charge in [-0.15, -0.1) is 11.3 Å². The van der Waals surface area contributed by atoms with Gasteiger partial charge in [0, 0.05) is 15.5 Å². The number of rotatable bonds is 3. The highest BCUT2D eigenvalue weighted by Crippen LogP contribution is 2.32. The van der Waals surface area contributed by atoms with Gasteiger partial charge < -0.3 is 4.42 Å². The number of aryl methyl sites for hydroxylation is 2. The Labute approximate surface area is 170 Å². The standard InChI is InChI=1S/C21H18ClN3O2S/c22-14-6-4-5-13(9-14)16-10-23-18(27-16)11-25-12-24-20-19(21(25)26)15-7-2-1-3-8-17(15)28-20/h4-6,9-10,12H,1-3,7-8,11H2. The average molecular weight is 412 g/mol. The van der Waals surface area contributed by atoms with Gasteiger partial charge in [-0.3, -0.25) is 9.36 Å². The predicted molar refractivity (Wildman–Crippen MR) is 111 cm³/mol. The van der Waals surface area contributed by atoms with E-state index in [2.05, 4.69) is 9.97 Å². The van der Waals surface area contributed by atoms with E-state index in [1.165, 1.54) is 23.3 Å². The first kappa shape index (κ1) is 17.6. The topological polar surface area (TPSA) is 60.9 Å². The highest BCUT2D eigenvalue weighted by molar-refractivity contribution is 7.18. The van der Waals surface area contributed by atoms with E-state index in [1.807, 2.05) is 24.3 Å². The van der Waals surface area contributed by atoms with Crippen LogP contribution in [0.4, 0.5) is 0 Å². The van der Waals surface area contributed by atoms with Crippen molar-refractivity contribution in [3.05, 3.63) is 68.5 Å². The number of benzene rings is 1. The molecule has 0 saturated carbocycles. The SMILES string of the molecule is O=c1c2c3c(sc2ncn1Cc1ncc(-c2cccc(Cl)c2)o1)CCCCC3. The largest absolute Gasteiger partial charge is 0.439 e. The molecule has 28 heavy (non-hydrogen) atoms. The lowest BCUT2D eigenvalue weighted by Gasteiger charge is -2.04. The van der Waals surface area contributed by atoms with Crippen LogP contribution in [-0.4, -0.2) is 14.5 Å². The smallest absolute Gasteiger partial charge is 0.262 e. The first-order chi connectivity index (χ1) is 13.7. The molecule has 142 valence electrons. The number of halogens is 1. The second-order valence-electron chi connectivity index (χ2n) is 7.05. The van der Waals surface area contributed by atoms with E-state index in [0.29, 0.717) is 16.7 Å². The van der Waals surface area contributed by atoms with Crippen LogP contribution in [0, 0.1) is 0 Å². The minimum Gasteiger partial charge on any atom is -0.439 e. The second-order valence-corrected chi connectivity index (χ2v) is 8.57. The normalized spacial score (nSPS) is 14.2. The molecule has 0 amide bonds. The van der Waals surface area contributed by atoms with Crippen molar-refractivity contribution < 1.29 is 4.42 Å². The Morgan fingerprint density at radius 3 is 2.96 bits per heavy atom. The Bertz CT molecular complexity index is 1220. The van der Waals surface area contributed by atoms with E-state index in [4.69, 9.17) is 16.0 Å². The quantitative estimate of drug-likeness (QED) is 0.441. The van der Waals surface area contributed by atoms with Crippen LogP contribution in [0.2, 0.25) is 5.02 Å². The van der Waals surface area contributed by atoms with Gasteiger partial charge in [-0.25, -0.2) is 9.97 Å². The van der Waals surface area contributed by atoms with Crippen molar-refractivity contribution in [3.63, 3.8) is 0 Å². The lowest BCUT2D eigenvalue weighted by molar-refractivity contribution is 0.484. The van der Waals surface area contributed by atoms with Crippen LogP contribution in [0.1, 0.15) is 35.6 Å². The molecular weight excluding hydrogens is 394 g/mol. The molecule has 0 fully saturated rings. The predicted octanol–water partition coefficient (Wildman–Crippen LogP) is 5.08. The van der Waals surface area contributed by atoms with Crippen LogP contribution < -0.4 is 5.56 Å². The van der Waals surface area contributed by atoms with Crippen LogP contribution in [0.15, 0.2) is 46.0 Å². The molecule has 0 unspecified atom stereocenters. The molecule has 3 aromatic heterocycles. The Morgan fingerprint density at radius 1 is 1.18 bits per heavy atom. The molecule has 1 aliphatic carbocycles. The molecule has 0 aliphatic heterocycles. The summed E-state index contributed by atoms with van der Waals surface area (Å²) in [6, 6.07) is 7.42. The van der Waals surface area contributed by atoms with E-state index in [0.717, 1.165) is 35.0 Å². The molecule has 1 aromatic carbocycles. The Morgan fingerprint density at radius 2 is 2.07 bits per heavy atom. The lowest BCUT2D eigenvalue weighted by atomic mass is 10.1.